The fourth-order valence-corrected chi connectivity index (χ4v) is 3.45. The van der Waals surface area contributed by atoms with Gasteiger partial charge in [0, 0.05) is 30.8 Å². The number of aromatic amines is 1. The van der Waals surface area contributed by atoms with Crippen LogP contribution in [0.4, 0.5) is 13.2 Å². The molecule has 0 saturated carbocycles. The first-order valence-electron chi connectivity index (χ1n) is 8.64. The van der Waals surface area contributed by atoms with Gasteiger partial charge in [-0.05, 0) is 25.7 Å². The van der Waals surface area contributed by atoms with E-state index in [0.717, 1.165) is 30.5 Å². The van der Waals surface area contributed by atoms with Crippen LogP contribution in [0.25, 0.3) is 0 Å². The normalized spacial score (nSPS) is 23.0. The standard InChI is InChI=1S/C16H21F3N4O3/c17-16(18,19)6-4-13(25)20-11-8-23(7-5-12(11)24)15(26)14-9-2-1-3-10(9)21-22-14/h11-12,24H,1-8H2,(H,20,25)(H,21,22)/t11-,12+/m1/s1. The van der Waals surface area contributed by atoms with Crippen molar-refractivity contribution < 1.29 is 27.9 Å². The highest BCUT2D eigenvalue weighted by molar-refractivity contribution is 5.94. The molecule has 1 aromatic rings. The zero-order valence-electron chi connectivity index (χ0n) is 14.1. The zero-order valence-corrected chi connectivity index (χ0v) is 14.1. The molecule has 1 aliphatic carbocycles. The predicted octanol–water partition coefficient (Wildman–Crippen LogP) is 0.932. The Hall–Kier alpha value is -2.10. The number of hydrogen-bond donors (Lipinski definition) is 3. The number of nitrogens with one attached hydrogen (secondary N) is 2. The Morgan fingerprint density at radius 1 is 1.35 bits per heavy atom. The lowest BCUT2D eigenvalue weighted by Gasteiger charge is -2.36. The van der Waals surface area contributed by atoms with Gasteiger partial charge in [-0.1, -0.05) is 0 Å². The number of alkyl halides is 3. The number of aliphatic hydroxyl groups is 1. The number of fused-ring (bicyclic) bond motifs is 1. The number of aliphatic hydroxyl groups excluding tert-OH is 1. The number of nitrogens with zero attached hydrogens (tertiary/aromatic N) is 2. The van der Waals surface area contributed by atoms with Gasteiger partial charge in [0.2, 0.25) is 5.91 Å². The highest BCUT2D eigenvalue weighted by Gasteiger charge is 2.35. The smallest absolute Gasteiger partial charge is 0.389 e. The topological polar surface area (TPSA) is 98.3 Å². The Morgan fingerprint density at radius 2 is 2.12 bits per heavy atom. The molecule has 26 heavy (non-hydrogen) atoms. The van der Waals surface area contributed by atoms with E-state index in [9.17, 15) is 27.9 Å². The molecule has 0 aromatic carbocycles. The van der Waals surface area contributed by atoms with Crippen LogP contribution in [0.3, 0.4) is 0 Å². The van der Waals surface area contributed by atoms with E-state index in [2.05, 4.69) is 15.5 Å². The second kappa shape index (κ2) is 7.26. The third-order valence-corrected chi connectivity index (χ3v) is 4.85. The van der Waals surface area contributed by atoms with E-state index in [1.807, 2.05) is 0 Å². The van der Waals surface area contributed by atoms with Crippen molar-refractivity contribution in [3.8, 4) is 0 Å². The van der Waals surface area contributed by atoms with Crippen molar-refractivity contribution in [2.75, 3.05) is 13.1 Å². The lowest BCUT2D eigenvalue weighted by atomic mass is 10.0. The first-order chi connectivity index (χ1) is 12.2. The minimum Gasteiger partial charge on any atom is -0.391 e. The van der Waals surface area contributed by atoms with Crippen LogP contribution in [0.5, 0.6) is 0 Å². The van der Waals surface area contributed by atoms with Crippen LogP contribution in [0.2, 0.25) is 0 Å². The van der Waals surface area contributed by atoms with E-state index >= 15 is 0 Å². The van der Waals surface area contributed by atoms with Crippen LogP contribution in [0.1, 0.15) is 47.4 Å². The van der Waals surface area contributed by atoms with Crippen molar-refractivity contribution in [2.24, 2.45) is 0 Å². The largest absolute Gasteiger partial charge is 0.391 e. The van der Waals surface area contributed by atoms with E-state index in [1.165, 1.54) is 4.90 Å². The van der Waals surface area contributed by atoms with Crippen LogP contribution in [0, 0.1) is 0 Å². The Balaban J connectivity index is 1.60. The lowest BCUT2D eigenvalue weighted by Crippen LogP contribution is -2.56. The van der Waals surface area contributed by atoms with Crippen molar-refractivity contribution in [1.29, 1.82) is 0 Å². The van der Waals surface area contributed by atoms with Gasteiger partial charge in [-0.25, -0.2) is 0 Å². The molecule has 1 fully saturated rings. The molecule has 1 saturated heterocycles. The zero-order chi connectivity index (χ0) is 18.9. The number of likely N-dealkylation sites (tertiary alicyclic amines) is 1. The first kappa shape index (κ1) is 18.7. The van der Waals surface area contributed by atoms with E-state index in [4.69, 9.17) is 0 Å². The lowest BCUT2D eigenvalue weighted by molar-refractivity contribution is -0.144. The van der Waals surface area contributed by atoms with Gasteiger partial charge in [-0.2, -0.15) is 18.3 Å². The summed E-state index contributed by atoms with van der Waals surface area (Å²) in [4.78, 5) is 25.9. The summed E-state index contributed by atoms with van der Waals surface area (Å²) in [6, 6.07) is -0.791. The Kier molecular flexibility index (Phi) is 5.22. The third-order valence-electron chi connectivity index (χ3n) is 4.85. The Labute approximate surface area is 147 Å². The fourth-order valence-electron chi connectivity index (χ4n) is 3.45. The maximum atomic E-state index is 12.7. The minimum atomic E-state index is -4.41. The van der Waals surface area contributed by atoms with Crippen LogP contribution in [-0.4, -0.2) is 63.4 Å². The van der Waals surface area contributed by atoms with Crippen LogP contribution in [-0.2, 0) is 17.6 Å². The number of aromatic nitrogens is 2. The highest BCUT2D eigenvalue weighted by atomic mass is 19.4. The number of carbonyl (C=O) groups excluding carboxylic acids is 2. The maximum Gasteiger partial charge on any atom is 0.389 e. The average molecular weight is 374 g/mol. The number of H-pyrrole nitrogens is 1. The summed E-state index contributed by atoms with van der Waals surface area (Å²) in [7, 11) is 0. The molecule has 2 atom stereocenters. The molecule has 0 radical (unpaired) electrons. The first-order valence-corrected chi connectivity index (χ1v) is 8.64. The summed E-state index contributed by atoms with van der Waals surface area (Å²) in [5.41, 5.74) is 2.23. The Morgan fingerprint density at radius 3 is 2.85 bits per heavy atom. The molecule has 3 rings (SSSR count). The molecule has 144 valence electrons. The van der Waals surface area contributed by atoms with Crippen LogP contribution in [0.15, 0.2) is 0 Å². The highest BCUT2D eigenvalue weighted by Crippen LogP contribution is 2.25. The van der Waals surface area contributed by atoms with Gasteiger partial charge >= 0.3 is 6.18 Å². The molecule has 0 bridgehead atoms. The van der Waals surface area contributed by atoms with E-state index < -0.39 is 37.1 Å². The SMILES string of the molecule is O=C(CCC(F)(F)F)N[C@@H]1CN(C(=O)c2n[nH]c3c2CCC3)CC[C@@H]1O. The molecular formula is C16H21F3N4O3. The van der Waals surface area contributed by atoms with Gasteiger partial charge in [-0.3, -0.25) is 14.7 Å². The summed E-state index contributed by atoms with van der Waals surface area (Å²) in [6.45, 7) is 0.343. The van der Waals surface area contributed by atoms with Crippen molar-refractivity contribution >= 4 is 11.8 Å². The summed E-state index contributed by atoms with van der Waals surface area (Å²) in [5, 5.41) is 19.4. The van der Waals surface area contributed by atoms with Gasteiger partial charge < -0.3 is 15.3 Å². The second-order valence-corrected chi connectivity index (χ2v) is 6.78. The minimum absolute atomic E-state index is 0.0411. The number of hydrogen-bond acceptors (Lipinski definition) is 4. The second-order valence-electron chi connectivity index (χ2n) is 6.78. The summed E-state index contributed by atoms with van der Waals surface area (Å²) >= 11 is 0. The van der Waals surface area contributed by atoms with Gasteiger partial charge in [0.1, 0.15) is 0 Å². The molecule has 1 aromatic heterocycles. The molecule has 7 nitrogen and oxygen atoms in total. The monoisotopic (exact) mass is 374 g/mol. The molecule has 2 aliphatic rings. The van der Waals surface area contributed by atoms with Gasteiger partial charge in [0.25, 0.3) is 5.91 Å². The molecule has 0 spiro atoms. The maximum absolute atomic E-state index is 12.7. The number of rotatable bonds is 4. The number of amides is 2. The number of halogens is 3. The van der Waals surface area contributed by atoms with Crippen molar-refractivity contribution in [3.05, 3.63) is 17.0 Å². The molecule has 3 N–H and O–H groups in total. The summed E-state index contributed by atoms with van der Waals surface area (Å²) in [5.74, 6) is -1.08. The van der Waals surface area contributed by atoms with E-state index in [0.29, 0.717) is 12.2 Å². The van der Waals surface area contributed by atoms with Crippen LogP contribution < -0.4 is 5.32 Å². The molecule has 2 heterocycles. The Bertz CT molecular complexity index is 689. The van der Waals surface area contributed by atoms with Crippen molar-refractivity contribution in [3.63, 3.8) is 0 Å². The summed E-state index contributed by atoms with van der Waals surface area (Å²) in [6.07, 6.45) is -4.41. The number of aryl methyl sites for hydroxylation is 1. The van der Waals surface area contributed by atoms with Crippen molar-refractivity contribution in [2.45, 2.75) is 56.8 Å². The summed E-state index contributed by atoms with van der Waals surface area (Å²) < 4.78 is 36.6. The molecule has 2 amide bonds. The van der Waals surface area contributed by atoms with Gasteiger partial charge in [0.15, 0.2) is 5.69 Å². The third kappa shape index (κ3) is 4.17. The van der Waals surface area contributed by atoms with Crippen LogP contribution >= 0.6 is 0 Å². The fraction of sp³-hybridized carbons (Fsp3) is 0.688. The van der Waals surface area contributed by atoms with Gasteiger partial charge in [0.05, 0.1) is 18.6 Å². The number of carbonyl (C=O) groups is 2. The van der Waals surface area contributed by atoms with Crippen molar-refractivity contribution in [1.82, 2.24) is 20.4 Å². The molecule has 0 unspecified atom stereocenters. The molecular weight excluding hydrogens is 353 g/mol. The van der Waals surface area contributed by atoms with E-state index in [1.54, 1.807) is 0 Å². The molecule has 10 heteroatoms. The van der Waals surface area contributed by atoms with Gasteiger partial charge in [-0.15, -0.1) is 0 Å². The van der Waals surface area contributed by atoms with E-state index in [-0.39, 0.29) is 18.9 Å². The predicted molar refractivity (Wildman–Crippen MR) is 84.4 cm³/mol. The quantitative estimate of drug-likeness (QED) is 0.730. The molecule has 1 aliphatic heterocycles. The number of piperidine rings is 1. The average Bonchev–Trinajstić information content (AvgIpc) is 3.17.